The molecule has 3 heterocycles. The number of hydrogen-bond donors (Lipinski definition) is 1. The van der Waals surface area contributed by atoms with Crippen molar-refractivity contribution in [3.05, 3.63) is 27.9 Å². The van der Waals surface area contributed by atoms with E-state index in [0.717, 1.165) is 39.1 Å². The molecule has 0 unspecified atom stereocenters. The average Bonchev–Trinajstić information content (AvgIpc) is 3.06. The minimum Gasteiger partial charge on any atom is -0.381 e. The number of hydrogen-bond acceptors (Lipinski definition) is 4. The van der Waals surface area contributed by atoms with Crippen LogP contribution in [0, 0.1) is 11.8 Å². The zero-order valence-electron chi connectivity index (χ0n) is 11.2. The summed E-state index contributed by atoms with van der Waals surface area (Å²) in [5.41, 5.74) is 0.0597. The van der Waals surface area contributed by atoms with Gasteiger partial charge < -0.3 is 14.6 Å². The molecule has 2 aliphatic heterocycles. The van der Waals surface area contributed by atoms with Crippen molar-refractivity contribution >= 4 is 5.91 Å². The number of likely N-dealkylation sites (tertiary alicyclic amines) is 1. The maximum absolute atomic E-state index is 12.5. The van der Waals surface area contributed by atoms with E-state index in [-0.39, 0.29) is 17.2 Å². The minimum atomic E-state index is -0.229. The van der Waals surface area contributed by atoms with Crippen LogP contribution < -0.4 is 5.56 Å². The summed E-state index contributed by atoms with van der Waals surface area (Å²) in [4.78, 5) is 33.1. The average molecular weight is 275 g/mol. The monoisotopic (exact) mass is 275 g/mol. The summed E-state index contributed by atoms with van der Waals surface area (Å²) < 4.78 is 5.41. The number of aromatic amines is 1. The quantitative estimate of drug-likeness (QED) is 0.846. The van der Waals surface area contributed by atoms with Crippen LogP contribution in [-0.4, -0.2) is 47.1 Å². The molecule has 3 fully saturated rings. The highest BCUT2D eigenvalue weighted by atomic mass is 16.5. The van der Waals surface area contributed by atoms with Gasteiger partial charge in [-0.15, -0.1) is 0 Å². The lowest BCUT2D eigenvalue weighted by Crippen LogP contribution is -2.32. The Balaban J connectivity index is 1.57. The van der Waals surface area contributed by atoms with Crippen molar-refractivity contribution in [3.8, 4) is 0 Å². The molecule has 2 saturated heterocycles. The number of nitrogens with zero attached hydrogens (tertiary/aromatic N) is 2. The van der Waals surface area contributed by atoms with Crippen molar-refractivity contribution in [2.24, 2.45) is 11.8 Å². The van der Waals surface area contributed by atoms with E-state index in [2.05, 4.69) is 9.97 Å². The van der Waals surface area contributed by atoms with Crippen LogP contribution in [0.25, 0.3) is 0 Å². The van der Waals surface area contributed by atoms with Gasteiger partial charge in [-0.1, -0.05) is 0 Å². The Morgan fingerprint density at radius 2 is 2.00 bits per heavy atom. The predicted molar refractivity (Wildman–Crippen MR) is 70.5 cm³/mol. The Bertz CT molecular complexity index is 596. The molecule has 0 aromatic carbocycles. The van der Waals surface area contributed by atoms with Crippen LogP contribution in [-0.2, 0) is 4.74 Å². The molecule has 0 bridgehead atoms. The van der Waals surface area contributed by atoms with E-state index in [1.165, 1.54) is 6.07 Å². The summed E-state index contributed by atoms with van der Waals surface area (Å²) in [5.74, 6) is 1.78. The van der Waals surface area contributed by atoms with Gasteiger partial charge in [0.05, 0.1) is 13.2 Å². The molecule has 20 heavy (non-hydrogen) atoms. The summed E-state index contributed by atoms with van der Waals surface area (Å²) in [5, 5.41) is 0. The number of H-pyrrole nitrogens is 1. The van der Waals surface area contributed by atoms with Gasteiger partial charge in [0.2, 0.25) is 0 Å². The molecule has 106 valence electrons. The molecule has 0 radical (unpaired) electrons. The first-order chi connectivity index (χ1) is 9.70. The van der Waals surface area contributed by atoms with Gasteiger partial charge in [-0.25, -0.2) is 4.98 Å². The standard InChI is InChI=1S/C14H17N3O3/c18-12-3-11(15-13(16-12)8-1-2-8)14(19)17-4-9-6-20-7-10(9)5-17/h3,8-10H,1-2,4-7H2,(H,15,16,18)/t9-,10+. The molecule has 1 aromatic rings. The predicted octanol–water partition coefficient (Wildman–Crippen LogP) is 0.366. The van der Waals surface area contributed by atoms with Gasteiger partial charge >= 0.3 is 0 Å². The SMILES string of the molecule is O=C(c1cc(=O)[nH]c(C2CC2)n1)N1C[C@H]2COC[C@H]2C1. The number of rotatable bonds is 2. The van der Waals surface area contributed by atoms with Crippen molar-refractivity contribution < 1.29 is 9.53 Å². The third kappa shape index (κ3) is 2.04. The van der Waals surface area contributed by atoms with E-state index in [0.29, 0.717) is 23.6 Å². The Kier molecular flexibility index (Phi) is 2.66. The topological polar surface area (TPSA) is 75.3 Å². The van der Waals surface area contributed by atoms with Crippen molar-refractivity contribution in [3.63, 3.8) is 0 Å². The number of carbonyl (C=O) groups is 1. The fraction of sp³-hybridized carbons (Fsp3) is 0.643. The Labute approximate surface area is 116 Å². The number of ether oxygens (including phenoxy) is 1. The summed E-state index contributed by atoms with van der Waals surface area (Å²) in [6, 6.07) is 1.32. The van der Waals surface area contributed by atoms with Gasteiger partial charge in [-0.3, -0.25) is 9.59 Å². The molecule has 1 amide bonds. The number of fused-ring (bicyclic) bond motifs is 1. The molecule has 1 aromatic heterocycles. The Morgan fingerprint density at radius 3 is 2.65 bits per heavy atom. The lowest BCUT2D eigenvalue weighted by Gasteiger charge is -2.17. The first-order valence-electron chi connectivity index (χ1n) is 7.19. The Hall–Kier alpha value is -1.69. The van der Waals surface area contributed by atoms with Gasteiger partial charge in [0.1, 0.15) is 11.5 Å². The van der Waals surface area contributed by atoms with Crippen LogP contribution in [0.2, 0.25) is 0 Å². The zero-order chi connectivity index (χ0) is 13.7. The van der Waals surface area contributed by atoms with Crippen LogP contribution in [0.4, 0.5) is 0 Å². The Morgan fingerprint density at radius 1 is 1.30 bits per heavy atom. The molecule has 1 saturated carbocycles. The third-order valence-corrected chi connectivity index (χ3v) is 4.47. The minimum absolute atomic E-state index is 0.118. The molecule has 6 nitrogen and oxygen atoms in total. The van der Waals surface area contributed by atoms with E-state index in [1.807, 2.05) is 4.90 Å². The molecule has 1 N–H and O–H groups in total. The second-order valence-electron chi connectivity index (χ2n) is 6.06. The number of amides is 1. The van der Waals surface area contributed by atoms with E-state index in [1.54, 1.807) is 0 Å². The van der Waals surface area contributed by atoms with Crippen LogP contribution >= 0.6 is 0 Å². The van der Waals surface area contributed by atoms with Crippen LogP contribution in [0.1, 0.15) is 35.1 Å². The van der Waals surface area contributed by atoms with E-state index >= 15 is 0 Å². The molecule has 6 heteroatoms. The second kappa shape index (κ2) is 4.41. The lowest BCUT2D eigenvalue weighted by molar-refractivity contribution is 0.0745. The number of carbonyl (C=O) groups excluding carboxylic acids is 1. The molecule has 3 aliphatic rings. The largest absolute Gasteiger partial charge is 0.381 e. The summed E-state index contributed by atoms with van der Waals surface area (Å²) in [6.07, 6.45) is 2.09. The maximum atomic E-state index is 12.5. The highest BCUT2D eigenvalue weighted by Crippen LogP contribution is 2.37. The normalized spacial score (nSPS) is 28.7. The molecular formula is C14H17N3O3. The first-order valence-corrected chi connectivity index (χ1v) is 7.19. The highest BCUT2D eigenvalue weighted by Gasteiger charge is 2.39. The van der Waals surface area contributed by atoms with Gasteiger partial charge in [0.25, 0.3) is 11.5 Å². The second-order valence-corrected chi connectivity index (χ2v) is 6.06. The van der Waals surface area contributed by atoms with Crippen molar-refractivity contribution in [1.82, 2.24) is 14.9 Å². The number of aromatic nitrogens is 2. The van der Waals surface area contributed by atoms with Gasteiger partial charge in [0, 0.05) is 36.9 Å². The highest BCUT2D eigenvalue weighted by molar-refractivity contribution is 5.92. The first kappa shape index (κ1) is 12.1. The third-order valence-electron chi connectivity index (χ3n) is 4.47. The number of nitrogens with one attached hydrogen (secondary N) is 1. The molecular weight excluding hydrogens is 258 g/mol. The summed E-state index contributed by atoms with van der Waals surface area (Å²) in [7, 11) is 0. The zero-order valence-corrected chi connectivity index (χ0v) is 11.2. The fourth-order valence-corrected chi connectivity index (χ4v) is 3.15. The van der Waals surface area contributed by atoms with E-state index in [4.69, 9.17) is 4.74 Å². The van der Waals surface area contributed by atoms with Crippen LogP contribution in [0.15, 0.2) is 10.9 Å². The summed E-state index contributed by atoms with van der Waals surface area (Å²) >= 11 is 0. The molecule has 2 atom stereocenters. The smallest absolute Gasteiger partial charge is 0.272 e. The summed E-state index contributed by atoms with van der Waals surface area (Å²) in [6.45, 7) is 2.92. The van der Waals surface area contributed by atoms with Gasteiger partial charge in [0.15, 0.2) is 0 Å². The fourth-order valence-electron chi connectivity index (χ4n) is 3.15. The van der Waals surface area contributed by atoms with Gasteiger partial charge in [-0.2, -0.15) is 0 Å². The van der Waals surface area contributed by atoms with Crippen molar-refractivity contribution in [2.45, 2.75) is 18.8 Å². The van der Waals surface area contributed by atoms with Crippen LogP contribution in [0.5, 0.6) is 0 Å². The van der Waals surface area contributed by atoms with Gasteiger partial charge in [-0.05, 0) is 12.8 Å². The van der Waals surface area contributed by atoms with E-state index in [9.17, 15) is 9.59 Å². The lowest BCUT2D eigenvalue weighted by atomic mass is 10.0. The van der Waals surface area contributed by atoms with Crippen molar-refractivity contribution in [1.29, 1.82) is 0 Å². The molecule has 1 aliphatic carbocycles. The molecule has 0 spiro atoms. The van der Waals surface area contributed by atoms with E-state index < -0.39 is 0 Å². The molecule has 4 rings (SSSR count). The maximum Gasteiger partial charge on any atom is 0.272 e. The van der Waals surface area contributed by atoms with Crippen molar-refractivity contribution in [2.75, 3.05) is 26.3 Å². The van der Waals surface area contributed by atoms with Crippen LogP contribution in [0.3, 0.4) is 0 Å².